The van der Waals surface area contributed by atoms with E-state index in [1.807, 2.05) is 6.07 Å². The van der Waals surface area contributed by atoms with Crippen LogP contribution in [0.4, 0.5) is 11.4 Å². The maximum Gasteiger partial charge on any atom is 0.338 e. The predicted octanol–water partition coefficient (Wildman–Crippen LogP) is 2.32. The Balaban J connectivity index is 2.01. The summed E-state index contributed by atoms with van der Waals surface area (Å²) in [6, 6.07) is 14.7. The Morgan fingerprint density at radius 3 is 2.48 bits per heavy atom. The van der Waals surface area contributed by atoms with Gasteiger partial charge < -0.3 is 15.8 Å². The molecule has 0 aliphatic heterocycles. The summed E-state index contributed by atoms with van der Waals surface area (Å²) in [5.74, 6) is -1.14. The lowest BCUT2D eigenvalue weighted by molar-refractivity contribution is -0.123. The van der Waals surface area contributed by atoms with E-state index in [-0.39, 0.29) is 0 Å². The molecule has 1 atom stereocenters. The molecule has 0 unspecified atom stereocenters. The second-order valence-corrected chi connectivity index (χ2v) is 4.82. The molecule has 116 valence electrons. The molecule has 0 radical (unpaired) electrons. The molecular formula is C17H15N3O3. The molecule has 2 aromatic rings. The van der Waals surface area contributed by atoms with Gasteiger partial charge in [-0.3, -0.25) is 4.79 Å². The van der Waals surface area contributed by atoms with Crippen LogP contribution < -0.4 is 11.1 Å². The highest BCUT2D eigenvalue weighted by Gasteiger charge is 2.19. The normalized spacial score (nSPS) is 11.1. The summed E-state index contributed by atoms with van der Waals surface area (Å²) in [7, 11) is 0. The zero-order valence-corrected chi connectivity index (χ0v) is 12.4. The first kappa shape index (κ1) is 16.0. The van der Waals surface area contributed by atoms with Crippen molar-refractivity contribution in [2.75, 3.05) is 11.1 Å². The first-order valence-electron chi connectivity index (χ1n) is 6.88. The van der Waals surface area contributed by atoms with Gasteiger partial charge in [-0.1, -0.05) is 12.1 Å². The summed E-state index contributed by atoms with van der Waals surface area (Å²) in [6.07, 6.45) is -1.01. The van der Waals surface area contributed by atoms with E-state index in [4.69, 9.17) is 15.7 Å². The van der Waals surface area contributed by atoms with Crippen LogP contribution in [-0.4, -0.2) is 18.0 Å². The topological polar surface area (TPSA) is 105 Å². The lowest BCUT2D eigenvalue weighted by Crippen LogP contribution is -2.30. The number of esters is 1. The standard InChI is InChI=1S/C17H15N3O3/c1-11(23-17(22)12-6-8-14(19)9-7-12)16(21)20-15-5-3-2-4-13(15)10-18/h2-9,11H,19H2,1H3,(H,20,21)/t11-/m0/s1. The van der Waals surface area contributed by atoms with Crippen LogP contribution in [0, 0.1) is 11.3 Å². The molecule has 0 saturated heterocycles. The zero-order chi connectivity index (χ0) is 16.8. The summed E-state index contributed by atoms with van der Waals surface area (Å²) >= 11 is 0. The van der Waals surface area contributed by atoms with Gasteiger partial charge in [-0.15, -0.1) is 0 Å². The third-order valence-corrected chi connectivity index (χ3v) is 3.10. The molecular weight excluding hydrogens is 294 g/mol. The maximum absolute atomic E-state index is 12.1. The Bertz CT molecular complexity index is 763. The molecule has 0 bridgehead atoms. The van der Waals surface area contributed by atoms with Crippen LogP contribution in [0.3, 0.4) is 0 Å². The Morgan fingerprint density at radius 2 is 1.83 bits per heavy atom. The quantitative estimate of drug-likeness (QED) is 0.666. The number of ether oxygens (including phenoxy) is 1. The lowest BCUT2D eigenvalue weighted by Gasteiger charge is -2.14. The van der Waals surface area contributed by atoms with Crippen LogP contribution in [0.15, 0.2) is 48.5 Å². The predicted molar refractivity (Wildman–Crippen MR) is 85.5 cm³/mol. The number of hydrogen-bond donors (Lipinski definition) is 2. The van der Waals surface area contributed by atoms with Crippen LogP contribution in [0.25, 0.3) is 0 Å². The molecule has 2 aromatic carbocycles. The van der Waals surface area contributed by atoms with Gasteiger partial charge in [-0.2, -0.15) is 5.26 Å². The number of nitriles is 1. The zero-order valence-electron chi connectivity index (χ0n) is 12.4. The molecule has 2 rings (SSSR count). The average Bonchev–Trinajstić information content (AvgIpc) is 2.55. The maximum atomic E-state index is 12.1. The van der Waals surface area contributed by atoms with Crippen molar-refractivity contribution >= 4 is 23.3 Å². The van der Waals surface area contributed by atoms with Crippen molar-refractivity contribution in [3.05, 3.63) is 59.7 Å². The van der Waals surface area contributed by atoms with Crippen molar-refractivity contribution in [2.45, 2.75) is 13.0 Å². The van der Waals surface area contributed by atoms with Crippen molar-refractivity contribution in [3.63, 3.8) is 0 Å². The molecule has 3 N–H and O–H groups in total. The van der Waals surface area contributed by atoms with E-state index in [2.05, 4.69) is 5.32 Å². The van der Waals surface area contributed by atoms with Gasteiger partial charge in [0.2, 0.25) is 0 Å². The molecule has 0 aliphatic rings. The van der Waals surface area contributed by atoms with E-state index >= 15 is 0 Å². The number of nitrogen functional groups attached to an aromatic ring is 1. The number of nitrogens with two attached hydrogens (primary N) is 1. The van der Waals surface area contributed by atoms with Gasteiger partial charge in [-0.05, 0) is 43.3 Å². The number of rotatable bonds is 4. The Labute approximate surface area is 133 Å². The van der Waals surface area contributed by atoms with Crippen molar-refractivity contribution in [1.29, 1.82) is 5.26 Å². The van der Waals surface area contributed by atoms with Gasteiger partial charge in [0, 0.05) is 5.69 Å². The van der Waals surface area contributed by atoms with Crippen molar-refractivity contribution in [1.82, 2.24) is 0 Å². The molecule has 0 heterocycles. The Hall–Kier alpha value is -3.33. The minimum Gasteiger partial charge on any atom is -0.449 e. The van der Waals surface area contributed by atoms with Crippen LogP contribution >= 0.6 is 0 Å². The number of nitrogens with zero attached hydrogens (tertiary/aromatic N) is 1. The molecule has 0 aliphatic carbocycles. The number of carbonyl (C=O) groups excluding carboxylic acids is 2. The van der Waals surface area contributed by atoms with Gasteiger partial charge in [0.25, 0.3) is 5.91 Å². The minimum atomic E-state index is -1.01. The highest BCUT2D eigenvalue weighted by Crippen LogP contribution is 2.15. The average molecular weight is 309 g/mol. The van der Waals surface area contributed by atoms with Gasteiger partial charge in [-0.25, -0.2) is 4.79 Å². The third-order valence-electron chi connectivity index (χ3n) is 3.10. The minimum absolute atomic E-state index is 0.302. The van der Waals surface area contributed by atoms with Crippen molar-refractivity contribution in [2.24, 2.45) is 0 Å². The van der Waals surface area contributed by atoms with E-state index in [9.17, 15) is 9.59 Å². The summed E-state index contributed by atoms with van der Waals surface area (Å²) in [5, 5.41) is 11.6. The number of para-hydroxylation sites is 1. The van der Waals surface area contributed by atoms with E-state index in [0.29, 0.717) is 22.5 Å². The fourth-order valence-electron chi connectivity index (χ4n) is 1.83. The number of nitrogens with one attached hydrogen (secondary N) is 1. The fourth-order valence-corrected chi connectivity index (χ4v) is 1.83. The van der Waals surface area contributed by atoms with Gasteiger partial charge in [0.1, 0.15) is 6.07 Å². The SMILES string of the molecule is C[C@H](OC(=O)c1ccc(N)cc1)C(=O)Nc1ccccc1C#N. The second kappa shape index (κ2) is 7.09. The van der Waals surface area contributed by atoms with Gasteiger partial charge in [0.15, 0.2) is 6.10 Å². The number of amides is 1. The van der Waals surface area contributed by atoms with Crippen LogP contribution in [0.2, 0.25) is 0 Å². The van der Waals surface area contributed by atoms with Crippen LogP contribution in [-0.2, 0) is 9.53 Å². The Morgan fingerprint density at radius 1 is 1.17 bits per heavy atom. The van der Waals surface area contributed by atoms with E-state index in [0.717, 1.165) is 0 Å². The van der Waals surface area contributed by atoms with Crippen molar-refractivity contribution < 1.29 is 14.3 Å². The van der Waals surface area contributed by atoms with Gasteiger partial charge >= 0.3 is 5.97 Å². The van der Waals surface area contributed by atoms with Crippen LogP contribution in [0.1, 0.15) is 22.8 Å². The summed E-state index contributed by atoms with van der Waals surface area (Å²) < 4.78 is 5.11. The highest BCUT2D eigenvalue weighted by atomic mass is 16.5. The molecule has 0 aromatic heterocycles. The number of benzene rings is 2. The van der Waals surface area contributed by atoms with E-state index in [1.54, 1.807) is 36.4 Å². The van der Waals surface area contributed by atoms with E-state index < -0.39 is 18.0 Å². The molecule has 23 heavy (non-hydrogen) atoms. The van der Waals surface area contributed by atoms with Crippen molar-refractivity contribution in [3.8, 4) is 6.07 Å². The first-order chi connectivity index (χ1) is 11.0. The highest BCUT2D eigenvalue weighted by molar-refractivity contribution is 5.98. The number of hydrogen-bond acceptors (Lipinski definition) is 5. The third kappa shape index (κ3) is 4.08. The molecule has 0 fully saturated rings. The first-order valence-corrected chi connectivity index (χ1v) is 6.88. The van der Waals surface area contributed by atoms with Gasteiger partial charge in [0.05, 0.1) is 16.8 Å². The summed E-state index contributed by atoms with van der Waals surface area (Å²) in [4.78, 5) is 24.0. The fraction of sp³-hybridized carbons (Fsp3) is 0.118. The molecule has 0 saturated carbocycles. The second-order valence-electron chi connectivity index (χ2n) is 4.82. The van der Waals surface area contributed by atoms with E-state index in [1.165, 1.54) is 19.1 Å². The van der Waals surface area contributed by atoms with Crippen LogP contribution in [0.5, 0.6) is 0 Å². The summed E-state index contributed by atoms with van der Waals surface area (Å²) in [6.45, 7) is 1.46. The number of anilines is 2. The number of carbonyl (C=O) groups is 2. The largest absolute Gasteiger partial charge is 0.449 e. The molecule has 6 nitrogen and oxygen atoms in total. The smallest absolute Gasteiger partial charge is 0.338 e. The molecule has 6 heteroatoms. The Kier molecular flexibility index (Phi) is 4.95. The monoisotopic (exact) mass is 309 g/mol. The molecule has 1 amide bonds. The molecule has 0 spiro atoms. The lowest BCUT2D eigenvalue weighted by atomic mass is 10.2. The summed E-state index contributed by atoms with van der Waals surface area (Å²) in [5.41, 5.74) is 7.08.